The van der Waals surface area contributed by atoms with E-state index >= 15 is 0 Å². The van der Waals surface area contributed by atoms with Crippen LogP contribution in [0.1, 0.15) is 69.9 Å². The van der Waals surface area contributed by atoms with Crippen LogP contribution in [0, 0.1) is 5.92 Å². The van der Waals surface area contributed by atoms with Crippen LogP contribution in [0.25, 0.3) is 0 Å². The van der Waals surface area contributed by atoms with Crippen molar-refractivity contribution in [2.75, 3.05) is 6.26 Å². The molecule has 1 N–H and O–H groups in total. The van der Waals surface area contributed by atoms with E-state index in [1.165, 1.54) is 5.57 Å². The maximum absolute atomic E-state index is 12.0. The molecule has 3 nitrogen and oxygen atoms in total. The Labute approximate surface area is 167 Å². The van der Waals surface area contributed by atoms with Gasteiger partial charge in [0.05, 0.1) is 0 Å². The van der Waals surface area contributed by atoms with E-state index in [4.69, 9.17) is 4.74 Å². The topological polar surface area (TPSA) is 46.5 Å². The Hall–Kier alpha value is -1.68. The van der Waals surface area contributed by atoms with Gasteiger partial charge < -0.3 is 9.84 Å². The van der Waals surface area contributed by atoms with Gasteiger partial charge in [-0.15, -0.1) is 0 Å². The third-order valence-electron chi connectivity index (χ3n) is 5.32. The molecule has 0 radical (unpaired) electrons. The van der Waals surface area contributed by atoms with Gasteiger partial charge in [0.2, 0.25) is 0 Å². The summed E-state index contributed by atoms with van der Waals surface area (Å²) in [6, 6.07) is 3.78. The minimum Gasteiger partial charge on any atom is -0.507 e. The molecule has 0 saturated carbocycles. The SMILES string of the molecule is C=C(C)[C@@H]1CCC(C)=C[C@H]1c1c(O)cc(CCCCC)cc1OC(=O)SC. The summed E-state index contributed by atoms with van der Waals surface area (Å²) in [6.45, 7) is 10.5. The third-order valence-corrected chi connectivity index (χ3v) is 5.74. The lowest BCUT2D eigenvalue weighted by Crippen LogP contribution is -2.18. The minimum atomic E-state index is -0.357. The molecule has 0 unspecified atom stereocenters. The van der Waals surface area contributed by atoms with Crippen molar-refractivity contribution in [3.05, 3.63) is 47.1 Å². The molecule has 0 amide bonds. The number of carbonyl (C=O) groups excluding carboxylic acids is 1. The molecule has 1 aliphatic carbocycles. The number of aromatic hydroxyl groups is 1. The average molecular weight is 389 g/mol. The van der Waals surface area contributed by atoms with Crippen LogP contribution in [0.3, 0.4) is 0 Å². The van der Waals surface area contributed by atoms with Crippen LogP contribution in [0.15, 0.2) is 35.9 Å². The van der Waals surface area contributed by atoms with Crippen molar-refractivity contribution in [3.8, 4) is 11.5 Å². The summed E-state index contributed by atoms with van der Waals surface area (Å²) in [5, 5.41) is 10.5. The van der Waals surface area contributed by atoms with E-state index in [1.54, 1.807) is 6.26 Å². The van der Waals surface area contributed by atoms with Crippen molar-refractivity contribution < 1.29 is 14.6 Å². The molecule has 1 aromatic carbocycles. The Bertz CT molecular complexity index is 721. The number of aryl methyl sites for hydroxylation is 1. The van der Waals surface area contributed by atoms with Gasteiger partial charge in [0.1, 0.15) is 11.5 Å². The first-order valence-electron chi connectivity index (χ1n) is 9.81. The molecule has 0 bridgehead atoms. The average Bonchev–Trinajstić information content (AvgIpc) is 2.61. The van der Waals surface area contributed by atoms with Gasteiger partial charge in [0, 0.05) is 11.5 Å². The van der Waals surface area contributed by atoms with Crippen molar-refractivity contribution in [2.45, 2.75) is 65.2 Å². The molecule has 27 heavy (non-hydrogen) atoms. The molecule has 2 rings (SSSR count). The number of unbranched alkanes of at least 4 members (excludes halogenated alkanes) is 2. The Kier molecular flexibility index (Phi) is 8.03. The van der Waals surface area contributed by atoms with Crippen LogP contribution in [-0.4, -0.2) is 16.7 Å². The molecule has 1 aliphatic rings. The molecule has 0 saturated heterocycles. The number of benzene rings is 1. The molecule has 148 valence electrons. The lowest BCUT2D eigenvalue weighted by Gasteiger charge is -2.32. The van der Waals surface area contributed by atoms with Crippen LogP contribution in [-0.2, 0) is 6.42 Å². The molecule has 0 heterocycles. The van der Waals surface area contributed by atoms with Gasteiger partial charge in [0.25, 0.3) is 0 Å². The fourth-order valence-electron chi connectivity index (χ4n) is 3.85. The van der Waals surface area contributed by atoms with Crippen molar-refractivity contribution >= 4 is 17.1 Å². The smallest absolute Gasteiger partial charge is 0.372 e. The van der Waals surface area contributed by atoms with E-state index in [0.29, 0.717) is 11.3 Å². The van der Waals surface area contributed by atoms with Gasteiger partial charge in [-0.05, 0) is 81.2 Å². The monoisotopic (exact) mass is 388 g/mol. The van der Waals surface area contributed by atoms with Crippen LogP contribution < -0.4 is 4.74 Å². The van der Waals surface area contributed by atoms with Gasteiger partial charge in [-0.1, -0.05) is 43.6 Å². The summed E-state index contributed by atoms with van der Waals surface area (Å²) in [5.74, 6) is 0.918. The minimum absolute atomic E-state index is 0.0226. The van der Waals surface area contributed by atoms with Gasteiger partial charge in [0.15, 0.2) is 0 Å². The predicted octanol–water partition coefficient (Wildman–Crippen LogP) is 7.00. The van der Waals surface area contributed by atoms with Crippen LogP contribution in [0.2, 0.25) is 0 Å². The number of allylic oxidation sites excluding steroid dienone is 3. The summed E-state index contributed by atoms with van der Waals surface area (Å²) in [6.07, 6.45) is 10.1. The Morgan fingerprint density at radius 1 is 1.37 bits per heavy atom. The molecule has 2 atom stereocenters. The first-order valence-corrected chi connectivity index (χ1v) is 11.0. The second kappa shape index (κ2) is 10.0. The highest BCUT2D eigenvalue weighted by atomic mass is 32.2. The fraction of sp³-hybridized carbons (Fsp3) is 0.522. The molecule has 0 aliphatic heterocycles. The van der Waals surface area contributed by atoms with Crippen LogP contribution in [0.4, 0.5) is 4.79 Å². The summed E-state index contributed by atoms with van der Waals surface area (Å²) in [4.78, 5) is 12.0. The van der Waals surface area contributed by atoms with Gasteiger partial charge in [-0.25, -0.2) is 4.79 Å². The quantitative estimate of drug-likeness (QED) is 0.310. The normalized spacial score (nSPS) is 19.5. The molecule has 0 fully saturated rings. The van der Waals surface area contributed by atoms with Crippen molar-refractivity contribution in [1.82, 2.24) is 0 Å². The second-order valence-electron chi connectivity index (χ2n) is 7.57. The highest BCUT2D eigenvalue weighted by molar-refractivity contribution is 8.12. The van der Waals surface area contributed by atoms with Gasteiger partial charge in [-0.3, -0.25) is 0 Å². The summed E-state index contributed by atoms with van der Waals surface area (Å²) < 4.78 is 5.64. The maximum atomic E-state index is 12.0. The van der Waals surface area contributed by atoms with Crippen LogP contribution in [0.5, 0.6) is 11.5 Å². The van der Waals surface area contributed by atoms with E-state index in [-0.39, 0.29) is 22.9 Å². The van der Waals surface area contributed by atoms with Crippen molar-refractivity contribution in [2.24, 2.45) is 5.92 Å². The molecule has 1 aromatic rings. The summed E-state index contributed by atoms with van der Waals surface area (Å²) in [5.41, 5.74) is 4.11. The van der Waals surface area contributed by atoms with Crippen molar-refractivity contribution in [3.63, 3.8) is 0 Å². The molecule has 0 aromatic heterocycles. The van der Waals surface area contributed by atoms with E-state index in [0.717, 1.165) is 61.4 Å². The number of hydrogen-bond acceptors (Lipinski definition) is 4. The molecular weight excluding hydrogens is 356 g/mol. The van der Waals surface area contributed by atoms with E-state index in [2.05, 4.69) is 26.5 Å². The number of rotatable bonds is 7. The lowest BCUT2D eigenvalue weighted by atomic mass is 9.73. The van der Waals surface area contributed by atoms with E-state index < -0.39 is 0 Å². The summed E-state index contributed by atoms with van der Waals surface area (Å²) >= 11 is 1.04. The van der Waals surface area contributed by atoms with E-state index in [9.17, 15) is 9.90 Å². The Morgan fingerprint density at radius 3 is 2.74 bits per heavy atom. The molecule has 4 heteroatoms. The zero-order chi connectivity index (χ0) is 20.0. The standard InChI is InChI=1S/C23H32O3S/c1-6-7-8-9-17-13-20(24)22(21(14-17)26-23(25)27-5)19-12-16(4)10-11-18(19)15(2)3/h12-14,18-19,24H,2,6-11H2,1,3-5H3/t18-,19+/m0/s1. The Morgan fingerprint density at radius 2 is 2.11 bits per heavy atom. The van der Waals surface area contributed by atoms with Gasteiger partial charge in [-0.2, -0.15) is 0 Å². The molecular formula is C23H32O3S. The highest BCUT2D eigenvalue weighted by Gasteiger charge is 2.31. The second-order valence-corrected chi connectivity index (χ2v) is 8.31. The number of ether oxygens (including phenoxy) is 1. The first kappa shape index (κ1) is 21.6. The third kappa shape index (κ3) is 5.65. The van der Waals surface area contributed by atoms with Crippen LogP contribution >= 0.6 is 11.8 Å². The summed E-state index contributed by atoms with van der Waals surface area (Å²) in [7, 11) is 0. The lowest BCUT2D eigenvalue weighted by molar-refractivity contribution is 0.226. The van der Waals surface area contributed by atoms with Crippen molar-refractivity contribution in [1.29, 1.82) is 0 Å². The molecule has 0 spiro atoms. The first-order chi connectivity index (χ1) is 12.9. The number of phenolic OH excluding ortho intramolecular Hbond substituents is 1. The zero-order valence-corrected chi connectivity index (χ0v) is 17.8. The number of phenols is 1. The Balaban J connectivity index is 2.50. The largest absolute Gasteiger partial charge is 0.507 e. The van der Waals surface area contributed by atoms with E-state index in [1.807, 2.05) is 19.1 Å². The fourth-order valence-corrected chi connectivity index (χ4v) is 4.02. The zero-order valence-electron chi connectivity index (χ0n) is 17.0. The predicted molar refractivity (Wildman–Crippen MR) is 115 cm³/mol. The number of thioether (sulfide) groups is 1. The maximum Gasteiger partial charge on any atom is 0.372 e. The highest BCUT2D eigenvalue weighted by Crippen LogP contribution is 2.47. The number of carbonyl (C=O) groups is 1. The number of hydrogen-bond donors (Lipinski definition) is 1. The van der Waals surface area contributed by atoms with Gasteiger partial charge >= 0.3 is 5.30 Å².